The van der Waals surface area contributed by atoms with Crippen molar-refractivity contribution >= 4 is 77.6 Å². The zero-order chi connectivity index (χ0) is 30.2. The number of carbonyl (C=O) groups excluding carboxylic acids is 2. The van der Waals surface area contributed by atoms with Crippen molar-refractivity contribution in [1.29, 1.82) is 0 Å². The van der Waals surface area contributed by atoms with Gasteiger partial charge >= 0.3 is 0 Å². The van der Waals surface area contributed by atoms with Crippen molar-refractivity contribution in [3.05, 3.63) is 131 Å². The van der Waals surface area contributed by atoms with E-state index in [4.69, 9.17) is 9.98 Å². The highest BCUT2D eigenvalue weighted by atomic mass is 32.2. The van der Waals surface area contributed by atoms with E-state index in [0.29, 0.717) is 56.1 Å². The summed E-state index contributed by atoms with van der Waals surface area (Å²) in [5.41, 5.74) is 3.88. The van der Waals surface area contributed by atoms with E-state index in [1.54, 1.807) is 48.5 Å². The Hall–Kier alpha value is -5.93. The zero-order valence-corrected chi connectivity index (χ0v) is 24.0. The van der Waals surface area contributed by atoms with E-state index in [0.717, 1.165) is 10.8 Å². The van der Waals surface area contributed by atoms with Crippen LogP contribution in [0.3, 0.4) is 0 Å². The predicted octanol–water partition coefficient (Wildman–Crippen LogP) is 6.93. The second-order valence-corrected chi connectivity index (χ2v) is 13.2. The minimum Gasteiger partial charge on any atom is -0.268 e. The number of hydrogen-bond acceptors (Lipinski definition) is 6. The van der Waals surface area contributed by atoms with Gasteiger partial charge in [0, 0.05) is 21.9 Å². The number of fused-ring (bicyclic) bond motifs is 8. The van der Waals surface area contributed by atoms with Crippen LogP contribution < -0.4 is 9.80 Å². The molecule has 0 aliphatic carbocycles. The summed E-state index contributed by atoms with van der Waals surface area (Å²) in [6.07, 6.45) is 0. The first-order valence-corrected chi connectivity index (χ1v) is 15.8. The minimum absolute atomic E-state index is 0.0442. The third kappa shape index (κ3) is 2.93. The lowest BCUT2D eigenvalue weighted by atomic mass is 10.0. The lowest BCUT2D eigenvalue weighted by molar-refractivity contribution is 0.0999. The summed E-state index contributed by atoms with van der Waals surface area (Å²) in [5, 5.41) is 2.67. The number of rotatable bonds is 2. The van der Waals surface area contributed by atoms with Crippen LogP contribution in [-0.4, -0.2) is 31.9 Å². The van der Waals surface area contributed by atoms with Gasteiger partial charge in [-0.3, -0.25) is 19.4 Å². The van der Waals surface area contributed by atoms with Gasteiger partial charge in [0.1, 0.15) is 11.7 Å². The summed E-state index contributed by atoms with van der Waals surface area (Å²) in [6.45, 7) is 0. The van der Waals surface area contributed by atoms with E-state index < -0.39 is 9.84 Å². The summed E-state index contributed by atoms with van der Waals surface area (Å²) < 4.78 is 30.3. The topological polar surface area (TPSA) is 99.5 Å². The van der Waals surface area contributed by atoms with Crippen molar-refractivity contribution in [3.63, 3.8) is 0 Å². The van der Waals surface area contributed by atoms with E-state index in [9.17, 15) is 9.59 Å². The van der Waals surface area contributed by atoms with Crippen LogP contribution >= 0.6 is 0 Å². The number of aliphatic imine (C=N–C) groups is 2. The average Bonchev–Trinajstić information content (AvgIpc) is 3.52. The van der Waals surface area contributed by atoms with Crippen LogP contribution in [0.15, 0.2) is 129 Å². The van der Waals surface area contributed by atoms with E-state index in [1.807, 2.05) is 60.7 Å². The molecule has 6 aromatic carbocycles. The summed E-state index contributed by atoms with van der Waals surface area (Å²) in [4.78, 5) is 40.3. The Balaban J connectivity index is 1.27. The molecule has 0 spiro atoms. The molecule has 8 nitrogen and oxygen atoms in total. The fourth-order valence-electron chi connectivity index (χ4n) is 7.09. The monoisotopic (exact) mass is 602 g/mol. The van der Waals surface area contributed by atoms with Gasteiger partial charge in [0.05, 0.1) is 43.7 Å². The second-order valence-electron chi connectivity index (χ2n) is 11.3. The van der Waals surface area contributed by atoms with Crippen molar-refractivity contribution in [2.75, 3.05) is 9.80 Å². The number of anilines is 2. The van der Waals surface area contributed by atoms with Gasteiger partial charge in [-0.15, -0.1) is 0 Å². The molecule has 0 radical (unpaired) electrons. The van der Waals surface area contributed by atoms with Crippen LogP contribution in [0.5, 0.6) is 0 Å². The van der Waals surface area contributed by atoms with Gasteiger partial charge in [-0.25, -0.2) is 18.4 Å². The lowest BCUT2D eigenvalue weighted by Crippen LogP contribution is -2.34. The fraction of sp³-hybridized carbons (Fsp3) is 0. The van der Waals surface area contributed by atoms with Gasteiger partial charge < -0.3 is 0 Å². The quantitative estimate of drug-likeness (QED) is 0.215. The van der Waals surface area contributed by atoms with Crippen molar-refractivity contribution in [2.45, 2.75) is 9.79 Å². The summed E-state index contributed by atoms with van der Waals surface area (Å²) >= 11 is 0. The van der Waals surface area contributed by atoms with Crippen LogP contribution in [0, 0.1) is 0 Å². The van der Waals surface area contributed by atoms with Gasteiger partial charge in [-0.1, -0.05) is 72.8 Å². The standard InChI is InChI=1S/C36H18N4O4S/c41-35-23-11-3-1-9-21(23)33-37-25-13-5-7-19-15-17-27(31(29(19)25)39(33)35)45(43,44)28-18-16-20-8-6-14-26-30(20)32(28)40-34(38-26)22-10-2-4-12-24(22)36(40)42/h1-18H. The summed E-state index contributed by atoms with van der Waals surface area (Å²) in [5.74, 6) is 0.0917. The van der Waals surface area contributed by atoms with Gasteiger partial charge in [0.25, 0.3) is 11.8 Å². The molecule has 212 valence electrons. The number of nitrogens with zero attached hydrogens (tertiary/aromatic N) is 4. The number of benzene rings is 6. The molecule has 4 heterocycles. The molecule has 9 heteroatoms. The molecule has 4 aliphatic heterocycles. The van der Waals surface area contributed by atoms with Crippen LogP contribution in [0.4, 0.5) is 22.7 Å². The van der Waals surface area contributed by atoms with Crippen LogP contribution in [-0.2, 0) is 9.84 Å². The molecular weight excluding hydrogens is 584 g/mol. The molecule has 0 bridgehead atoms. The number of amides is 2. The average molecular weight is 603 g/mol. The molecule has 0 N–H and O–H groups in total. The minimum atomic E-state index is -4.37. The van der Waals surface area contributed by atoms with Crippen molar-refractivity contribution in [3.8, 4) is 0 Å². The van der Waals surface area contributed by atoms with Crippen molar-refractivity contribution in [1.82, 2.24) is 0 Å². The highest BCUT2D eigenvalue weighted by molar-refractivity contribution is 7.91. The van der Waals surface area contributed by atoms with Crippen molar-refractivity contribution < 1.29 is 18.0 Å². The maximum absolute atomic E-state index is 15.1. The smallest absolute Gasteiger partial charge is 0.264 e. The predicted molar refractivity (Wildman–Crippen MR) is 172 cm³/mol. The molecule has 0 saturated carbocycles. The van der Waals surface area contributed by atoms with E-state index >= 15 is 8.42 Å². The van der Waals surface area contributed by atoms with E-state index in [2.05, 4.69) is 0 Å². The highest BCUT2D eigenvalue weighted by Crippen LogP contribution is 2.51. The van der Waals surface area contributed by atoms with Gasteiger partial charge in [0.15, 0.2) is 0 Å². The molecule has 45 heavy (non-hydrogen) atoms. The molecule has 0 atom stereocenters. The Bertz CT molecular complexity index is 2450. The fourth-order valence-corrected chi connectivity index (χ4v) is 8.72. The third-order valence-corrected chi connectivity index (χ3v) is 10.8. The zero-order valence-electron chi connectivity index (χ0n) is 23.2. The molecule has 0 saturated heterocycles. The van der Waals surface area contributed by atoms with Crippen LogP contribution in [0.2, 0.25) is 0 Å². The molecule has 0 fully saturated rings. The number of hydrogen-bond donors (Lipinski definition) is 0. The Morgan fingerprint density at radius 2 is 0.889 bits per heavy atom. The normalized spacial score (nSPS) is 15.6. The SMILES string of the molecule is O=C1c2ccccc2C2=Nc3cccc4ccc(S(=O)(=O)c5ccc6cccc7c6c5N5C(=O)c6ccccc6C5=N7)c(c34)N12. The molecule has 0 unspecified atom stereocenters. The van der Waals surface area contributed by atoms with Crippen LogP contribution in [0.1, 0.15) is 31.8 Å². The number of sulfone groups is 1. The highest BCUT2D eigenvalue weighted by Gasteiger charge is 2.44. The number of carbonyl (C=O) groups is 2. The first-order valence-electron chi connectivity index (χ1n) is 14.3. The van der Waals surface area contributed by atoms with Gasteiger partial charge in [-0.05, 0) is 47.2 Å². The van der Waals surface area contributed by atoms with Crippen LogP contribution in [0.25, 0.3) is 21.5 Å². The maximum Gasteiger partial charge on any atom is 0.264 e. The molecule has 4 aliphatic rings. The summed E-state index contributed by atoms with van der Waals surface area (Å²) in [7, 11) is -4.37. The molecule has 6 aromatic rings. The second kappa shape index (κ2) is 8.16. The maximum atomic E-state index is 15.1. The van der Waals surface area contributed by atoms with Gasteiger partial charge in [0.2, 0.25) is 9.84 Å². The first-order chi connectivity index (χ1) is 21.9. The number of amidine groups is 2. The van der Waals surface area contributed by atoms with Crippen molar-refractivity contribution in [2.24, 2.45) is 9.98 Å². The van der Waals surface area contributed by atoms with E-state index in [1.165, 1.54) is 9.80 Å². The molecule has 2 amide bonds. The third-order valence-electron chi connectivity index (χ3n) is 9.02. The molecular formula is C36H18N4O4S. The Morgan fingerprint density at radius 3 is 1.33 bits per heavy atom. The van der Waals surface area contributed by atoms with E-state index in [-0.39, 0.29) is 33.0 Å². The lowest BCUT2D eigenvalue weighted by Gasteiger charge is -2.29. The summed E-state index contributed by atoms with van der Waals surface area (Å²) in [6, 6.07) is 32.0. The molecule has 10 rings (SSSR count). The molecule has 0 aromatic heterocycles. The first kappa shape index (κ1) is 24.5. The Morgan fingerprint density at radius 1 is 0.467 bits per heavy atom. The Kier molecular flexibility index (Phi) is 4.44. The largest absolute Gasteiger partial charge is 0.268 e. The van der Waals surface area contributed by atoms with Gasteiger partial charge in [-0.2, -0.15) is 0 Å². The Labute approximate surface area is 256 Å².